The van der Waals surface area contributed by atoms with E-state index in [1.54, 1.807) is 27.4 Å². The lowest BCUT2D eigenvalue weighted by molar-refractivity contribution is -0.117. The predicted octanol–water partition coefficient (Wildman–Crippen LogP) is 2.45. The van der Waals surface area contributed by atoms with Crippen LogP contribution < -0.4 is 31.7 Å². The number of carbonyl (C=O) groups excluding carboxylic acids is 1. The summed E-state index contributed by atoms with van der Waals surface area (Å²) in [5.41, 5.74) is 10.8. The minimum Gasteiger partial charge on any atom is -0.494 e. The first kappa shape index (κ1) is 24.6. The monoisotopic (exact) mass is 414 g/mol. The summed E-state index contributed by atoms with van der Waals surface area (Å²) < 4.78 is 5.69. The lowest BCUT2D eigenvalue weighted by Gasteiger charge is -2.19. The van der Waals surface area contributed by atoms with Gasteiger partial charge in [-0.2, -0.15) is 0 Å². The maximum atomic E-state index is 12.4. The van der Waals surface area contributed by atoms with Gasteiger partial charge in [-0.3, -0.25) is 9.79 Å². The molecule has 1 amide bonds. The fraction of sp³-hybridized carbons (Fsp3) is 0.364. The first-order valence-electron chi connectivity index (χ1n) is 9.77. The van der Waals surface area contributed by atoms with E-state index in [4.69, 9.17) is 10.5 Å². The van der Waals surface area contributed by atoms with E-state index in [9.17, 15) is 4.79 Å². The number of amides is 1. The number of nitrogens with one attached hydrogen (secondary N) is 4. The van der Waals surface area contributed by atoms with E-state index in [1.807, 2.05) is 32.2 Å². The Hall–Kier alpha value is -3.42. The molecule has 0 fully saturated rings. The minimum absolute atomic E-state index is 0.171. The maximum Gasteiger partial charge on any atom is 0.271 e. The van der Waals surface area contributed by atoms with Crippen molar-refractivity contribution in [2.45, 2.75) is 26.7 Å². The molecule has 6 N–H and O–H groups in total. The summed E-state index contributed by atoms with van der Waals surface area (Å²) in [7, 11) is 6.75. The van der Waals surface area contributed by atoms with Crippen LogP contribution >= 0.6 is 0 Å². The predicted molar refractivity (Wildman–Crippen MR) is 125 cm³/mol. The molecule has 0 bridgehead atoms. The Morgan fingerprint density at radius 3 is 2.47 bits per heavy atom. The zero-order valence-corrected chi connectivity index (χ0v) is 18.8. The van der Waals surface area contributed by atoms with Crippen LogP contribution in [-0.4, -0.2) is 40.9 Å². The molecule has 0 aliphatic heterocycles. The summed E-state index contributed by atoms with van der Waals surface area (Å²) in [5, 5.41) is 12.0. The number of rotatable bonds is 11. The van der Waals surface area contributed by atoms with Crippen LogP contribution in [0.3, 0.4) is 0 Å². The third kappa shape index (κ3) is 6.04. The molecule has 0 saturated heterocycles. The first-order valence-corrected chi connectivity index (χ1v) is 9.77. The molecule has 8 heteroatoms. The van der Waals surface area contributed by atoms with Gasteiger partial charge < -0.3 is 31.7 Å². The molecule has 1 aromatic rings. The van der Waals surface area contributed by atoms with Crippen molar-refractivity contribution in [3.05, 3.63) is 52.6 Å². The normalized spacial score (nSPS) is 12.6. The lowest BCUT2D eigenvalue weighted by Crippen LogP contribution is -2.22. The van der Waals surface area contributed by atoms with Gasteiger partial charge in [-0.1, -0.05) is 19.4 Å². The van der Waals surface area contributed by atoms with Crippen LogP contribution in [0.25, 0.3) is 5.70 Å². The smallest absolute Gasteiger partial charge is 0.271 e. The Morgan fingerprint density at radius 1 is 1.27 bits per heavy atom. The largest absolute Gasteiger partial charge is 0.494 e. The number of methoxy groups -OCH3 is 1. The van der Waals surface area contributed by atoms with E-state index in [-0.39, 0.29) is 11.6 Å². The van der Waals surface area contributed by atoms with Crippen molar-refractivity contribution in [1.82, 2.24) is 16.0 Å². The zero-order valence-electron chi connectivity index (χ0n) is 18.8. The van der Waals surface area contributed by atoms with E-state index >= 15 is 0 Å². The van der Waals surface area contributed by atoms with Gasteiger partial charge >= 0.3 is 0 Å². The second-order valence-corrected chi connectivity index (χ2v) is 6.52. The van der Waals surface area contributed by atoms with Gasteiger partial charge in [0.2, 0.25) is 0 Å². The number of benzene rings is 1. The van der Waals surface area contributed by atoms with Gasteiger partial charge in [0, 0.05) is 38.6 Å². The average Bonchev–Trinajstić information content (AvgIpc) is 2.74. The van der Waals surface area contributed by atoms with E-state index in [0.717, 1.165) is 29.7 Å². The molecule has 0 saturated carbocycles. The van der Waals surface area contributed by atoms with Gasteiger partial charge in [-0.15, -0.1) is 0 Å². The average molecular weight is 415 g/mol. The Balaban J connectivity index is 3.70. The highest BCUT2D eigenvalue weighted by molar-refractivity contribution is 5.95. The number of hydrogen-bond acceptors (Lipinski definition) is 7. The number of hydrogen-bond donors (Lipinski definition) is 5. The van der Waals surface area contributed by atoms with E-state index < -0.39 is 0 Å². The van der Waals surface area contributed by atoms with E-state index in [2.05, 4.69) is 39.9 Å². The highest BCUT2D eigenvalue weighted by Crippen LogP contribution is 2.35. The molecule has 0 aliphatic rings. The summed E-state index contributed by atoms with van der Waals surface area (Å²) in [6.07, 6.45) is 5.32. The van der Waals surface area contributed by atoms with Crippen molar-refractivity contribution in [2.75, 3.05) is 33.6 Å². The van der Waals surface area contributed by atoms with Gasteiger partial charge in [-0.25, -0.2) is 0 Å². The van der Waals surface area contributed by atoms with Crippen molar-refractivity contribution in [3.63, 3.8) is 0 Å². The molecule has 30 heavy (non-hydrogen) atoms. The van der Waals surface area contributed by atoms with Crippen LogP contribution in [0.5, 0.6) is 5.75 Å². The van der Waals surface area contributed by atoms with Crippen LogP contribution in [0.2, 0.25) is 0 Å². The zero-order chi connectivity index (χ0) is 22.7. The van der Waals surface area contributed by atoms with Crippen molar-refractivity contribution >= 4 is 24.0 Å². The molecule has 164 valence electrons. The number of carbonyl (C=O) groups is 1. The van der Waals surface area contributed by atoms with Crippen LogP contribution in [0.1, 0.15) is 30.9 Å². The Morgan fingerprint density at radius 2 is 1.97 bits per heavy atom. The highest BCUT2D eigenvalue weighted by atomic mass is 16.5. The number of nitrogens with zero attached hydrogens (tertiary/aromatic N) is 1. The van der Waals surface area contributed by atoms with Gasteiger partial charge in [0.25, 0.3) is 5.91 Å². The fourth-order valence-corrected chi connectivity index (χ4v) is 3.00. The molecule has 8 nitrogen and oxygen atoms in total. The summed E-state index contributed by atoms with van der Waals surface area (Å²) in [5.74, 6) is 0.211. The molecule has 1 rings (SSSR count). The second-order valence-electron chi connectivity index (χ2n) is 6.52. The summed E-state index contributed by atoms with van der Waals surface area (Å²) in [6, 6.07) is 3.81. The molecule has 0 spiro atoms. The molecule has 0 radical (unpaired) electrons. The summed E-state index contributed by atoms with van der Waals surface area (Å²) in [6.45, 7) is 7.61. The number of anilines is 1. The number of ether oxygens (including phenoxy) is 1. The Kier molecular flexibility index (Phi) is 10.0. The number of nitrogens with two attached hydrogens (primary N) is 1. The Labute approximate surface area is 179 Å². The van der Waals surface area contributed by atoms with E-state index in [1.165, 1.54) is 0 Å². The third-order valence-electron chi connectivity index (χ3n) is 4.44. The molecule has 0 aliphatic carbocycles. The third-order valence-corrected chi connectivity index (χ3v) is 4.44. The maximum absolute atomic E-state index is 12.4. The number of aliphatic imine (C=N–C) groups is 1. The van der Waals surface area contributed by atoms with Crippen molar-refractivity contribution in [2.24, 2.45) is 10.7 Å². The molecule has 0 atom stereocenters. The van der Waals surface area contributed by atoms with Crippen LogP contribution in [0.4, 0.5) is 5.69 Å². The molecule has 0 unspecified atom stereocenters. The van der Waals surface area contributed by atoms with Crippen LogP contribution in [-0.2, 0) is 4.79 Å². The lowest BCUT2D eigenvalue weighted by atomic mass is 10.0. The fourth-order valence-electron chi connectivity index (χ4n) is 3.00. The Bertz CT molecular complexity index is 855. The molecular weight excluding hydrogens is 380 g/mol. The second kappa shape index (κ2) is 12.2. The highest BCUT2D eigenvalue weighted by Gasteiger charge is 2.18. The van der Waals surface area contributed by atoms with E-state index in [0.29, 0.717) is 22.8 Å². The van der Waals surface area contributed by atoms with Crippen LogP contribution in [0, 0.1) is 6.92 Å². The summed E-state index contributed by atoms with van der Waals surface area (Å²) in [4.78, 5) is 16.4. The molecule has 0 aromatic heterocycles. The minimum atomic E-state index is -0.350. The number of likely N-dealkylation sites (N-methyl/N-ethyl adjacent to an activating group) is 1. The standard InChI is InChI=1S/C22H34N6O2/c1-8-9-15(25-4)12-18(20(26-5)22(29)27-6)28-17-11-10-14(2)19(21(17)30-7)16(23)13-24-3/h10-13,24-25,28H,5,8-9,23H2,1-4,6-7H3,(H,27,29)/b15-12+,16-13-,20-18+. The number of aryl methyl sites for hydroxylation is 1. The van der Waals surface area contributed by atoms with Gasteiger partial charge in [0.1, 0.15) is 0 Å². The van der Waals surface area contributed by atoms with Crippen molar-refractivity contribution < 1.29 is 9.53 Å². The SMILES string of the molecule is C=N/C(C(=O)NC)=C(\C=C(/CCC)NC)Nc1ccc(C)c(/C(N)=C/NC)c1OC. The number of allylic oxidation sites excluding steroid dienone is 2. The first-order chi connectivity index (χ1) is 14.4. The van der Waals surface area contributed by atoms with Crippen LogP contribution in [0.15, 0.2) is 46.5 Å². The topological polar surface area (TPSA) is 113 Å². The van der Waals surface area contributed by atoms with Crippen molar-refractivity contribution in [1.29, 1.82) is 0 Å². The molecule has 0 heterocycles. The van der Waals surface area contributed by atoms with Crippen molar-refractivity contribution in [3.8, 4) is 5.75 Å². The molecule has 1 aromatic carbocycles. The quantitative estimate of drug-likeness (QED) is 0.216. The molecular formula is C22H34N6O2. The summed E-state index contributed by atoms with van der Waals surface area (Å²) >= 11 is 0. The van der Waals surface area contributed by atoms with Gasteiger partial charge in [-0.05, 0) is 37.8 Å². The van der Waals surface area contributed by atoms with Gasteiger partial charge in [0.05, 0.1) is 24.2 Å². The van der Waals surface area contributed by atoms with Gasteiger partial charge in [0.15, 0.2) is 11.4 Å².